The number of hydrogen-bond acceptors (Lipinski definition) is 2. The molecule has 2 heteroatoms. The molecule has 1 aliphatic rings. The third-order valence-electron chi connectivity index (χ3n) is 2.73. The lowest BCUT2D eigenvalue weighted by molar-refractivity contribution is 0.583. The van der Waals surface area contributed by atoms with Gasteiger partial charge in [-0.05, 0) is 43.4 Å². The van der Waals surface area contributed by atoms with E-state index >= 15 is 0 Å². The van der Waals surface area contributed by atoms with Gasteiger partial charge in [-0.15, -0.1) is 0 Å². The van der Waals surface area contributed by atoms with E-state index in [1.165, 1.54) is 11.1 Å². The zero-order chi connectivity index (χ0) is 9.80. The quantitative estimate of drug-likeness (QED) is 0.721. The fraction of sp³-hybridized carbons (Fsp3) is 0.417. The molecule has 0 amide bonds. The first kappa shape index (κ1) is 9.41. The molecule has 0 aliphatic heterocycles. The normalized spacial score (nSPS) is 21.8. The second kappa shape index (κ2) is 4.38. The summed E-state index contributed by atoms with van der Waals surface area (Å²) in [4.78, 5) is 4.01. The van der Waals surface area contributed by atoms with Crippen LogP contribution in [0.25, 0.3) is 0 Å². The number of allylic oxidation sites excluding steroid dienone is 1. The number of pyridine rings is 1. The molecule has 1 aliphatic carbocycles. The number of hydrogen-bond donors (Lipinski definition) is 1. The van der Waals surface area contributed by atoms with Gasteiger partial charge in [0.05, 0.1) is 0 Å². The standard InChI is InChI=1S/C12H16N2/c13-12-3-1-10(2-4-12)9-11-5-7-14-8-6-11/h1,5-8,12H,2-4,9,13H2. The van der Waals surface area contributed by atoms with Gasteiger partial charge in [-0.3, -0.25) is 4.98 Å². The molecule has 1 unspecified atom stereocenters. The molecule has 1 aromatic rings. The van der Waals surface area contributed by atoms with Crippen LogP contribution in [0.5, 0.6) is 0 Å². The Kier molecular flexibility index (Phi) is 2.94. The van der Waals surface area contributed by atoms with Crippen molar-refractivity contribution in [2.75, 3.05) is 0 Å². The topological polar surface area (TPSA) is 38.9 Å². The van der Waals surface area contributed by atoms with Gasteiger partial charge in [0, 0.05) is 18.4 Å². The van der Waals surface area contributed by atoms with Crippen molar-refractivity contribution < 1.29 is 0 Å². The maximum atomic E-state index is 5.84. The molecule has 0 saturated heterocycles. The fourth-order valence-electron chi connectivity index (χ4n) is 1.83. The Labute approximate surface area is 84.9 Å². The van der Waals surface area contributed by atoms with E-state index in [9.17, 15) is 0 Å². The zero-order valence-electron chi connectivity index (χ0n) is 8.32. The number of rotatable bonds is 2. The van der Waals surface area contributed by atoms with E-state index in [0.717, 1.165) is 25.7 Å². The van der Waals surface area contributed by atoms with Crippen LogP contribution in [0.2, 0.25) is 0 Å². The van der Waals surface area contributed by atoms with Gasteiger partial charge in [-0.2, -0.15) is 0 Å². The molecule has 14 heavy (non-hydrogen) atoms. The molecule has 0 saturated carbocycles. The average Bonchev–Trinajstić information content (AvgIpc) is 2.23. The minimum Gasteiger partial charge on any atom is -0.327 e. The lowest BCUT2D eigenvalue weighted by Crippen LogP contribution is -2.22. The van der Waals surface area contributed by atoms with Crippen LogP contribution in [-0.2, 0) is 6.42 Å². The van der Waals surface area contributed by atoms with Crippen molar-refractivity contribution in [2.24, 2.45) is 5.73 Å². The third kappa shape index (κ3) is 2.42. The Bertz CT molecular complexity index is 316. The zero-order valence-corrected chi connectivity index (χ0v) is 8.32. The van der Waals surface area contributed by atoms with E-state index in [-0.39, 0.29) is 0 Å². The maximum absolute atomic E-state index is 5.84. The molecule has 74 valence electrons. The molecule has 1 aromatic heterocycles. The van der Waals surface area contributed by atoms with Gasteiger partial charge < -0.3 is 5.73 Å². The second-order valence-electron chi connectivity index (χ2n) is 3.93. The summed E-state index contributed by atoms with van der Waals surface area (Å²) in [5.74, 6) is 0. The summed E-state index contributed by atoms with van der Waals surface area (Å²) < 4.78 is 0. The maximum Gasteiger partial charge on any atom is 0.0270 e. The summed E-state index contributed by atoms with van der Waals surface area (Å²) >= 11 is 0. The van der Waals surface area contributed by atoms with E-state index in [0.29, 0.717) is 6.04 Å². The molecular formula is C12H16N2. The summed E-state index contributed by atoms with van der Waals surface area (Å²) in [7, 11) is 0. The van der Waals surface area contributed by atoms with E-state index < -0.39 is 0 Å². The largest absolute Gasteiger partial charge is 0.327 e. The molecular weight excluding hydrogens is 172 g/mol. The minimum atomic E-state index is 0.385. The van der Waals surface area contributed by atoms with Crippen molar-refractivity contribution in [3.63, 3.8) is 0 Å². The molecule has 1 atom stereocenters. The van der Waals surface area contributed by atoms with Gasteiger partial charge in [0.1, 0.15) is 0 Å². The first-order valence-corrected chi connectivity index (χ1v) is 5.17. The lowest BCUT2D eigenvalue weighted by atomic mass is 9.92. The van der Waals surface area contributed by atoms with Crippen LogP contribution in [0, 0.1) is 0 Å². The third-order valence-corrected chi connectivity index (χ3v) is 2.73. The van der Waals surface area contributed by atoms with E-state index in [2.05, 4.69) is 23.2 Å². The highest BCUT2D eigenvalue weighted by atomic mass is 14.6. The monoisotopic (exact) mass is 188 g/mol. The highest BCUT2D eigenvalue weighted by Gasteiger charge is 2.10. The van der Waals surface area contributed by atoms with E-state index in [1.807, 2.05) is 12.4 Å². The molecule has 0 aromatic carbocycles. The van der Waals surface area contributed by atoms with Crippen molar-refractivity contribution in [2.45, 2.75) is 31.7 Å². The van der Waals surface area contributed by atoms with Crippen LogP contribution in [0.1, 0.15) is 24.8 Å². The predicted molar refractivity (Wildman–Crippen MR) is 57.9 cm³/mol. The van der Waals surface area contributed by atoms with E-state index in [1.54, 1.807) is 0 Å². The van der Waals surface area contributed by atoms with Crippen molar-refractivity contribution in [1.82, 2.24) is 4.98 Å². The van der Waals surface area contributed by atoms with Crippen LogP contribution in [0.3, 0.4) is 0 Å². The summed E-state index contributed by atoms with van der Waals surface area (Å²) in [5.41, 5.74) is 8.71. The Morgan fingerprint density at radius 2 is 2.14 bits per heavy atom. The molecule has 0 spiro atoms. The predicted octanol–water partition coefficient (Wildman–Crippen LogP) is 2.06. The van der Waals surface area contributed by atoms with Crippen LogP contribution in [0.4, 0.5) is 0 Å². The van der Waals surface area contributed by atoms with Gasteiger partial charge in [-0.1, -0.05) is 11.6 Å². The minimum absolute atomic E-state index is 0.385. The van der Waals surface area contributed by atoms with Gasteiger partial charge in [0.25, 0.3) is 0 Å². The molecule has 0 fully saturated rings. The molecule has 2 N–H and O–H groups in total. The van der Waals surface area contributed by atoms with Gasteiger partial charge in [0.2, 0.25) is 0 Å². The smallest absolute Gasteiger partial charge is 0.0270 e. The van der Waals surface area contributed by atoms with Gasteiger partial charge in [0.15, 0.2) is 0 Å². The summed E-state index contributed by atoms with van der Waals surface area (Å²) in [5, 5.41) is 0. The van der Waals surface area contributed by atoms with Gasteiger partial charge in [-0.25, -0.2) is 0 Å². The van der Waals surface area contributed by atoms with Crippen molar-refractivity contribution in [3.8, 4) is 0 Å². The first-order chi connectivity index (χ1) is 6.84. The molecule has 0 bridgehead atoms. The number of nitrogens with zero attached hydrogens (tertiary/aromatic N) is 1. The van der Waals surface area contributed by atoms with Crippen molar-refractivity contribution >= 4 is 0 Å². The van der Waals surface area contributed by atoms with Gasteiger partial charge >= 0.3 is 0 Å². The summed E-state index contributed by atoms with van der Waals surface area (Å²) in [6.07, 6.45) is 10.4. The average molecular weight is 188 g/mol. The highest BCUT2D eigenvalue weighted by molar-refractivity contribution is 5.20. The molecule has 1 heterocycles. The summed E-state index contributed by atoms with van der Waals surface area (Å²) in [6.45, 7) is 0. The Balaban J connectivity index is 1.99. The number of aromatic nitrogens is 1. The second-order valence-corrected chi connectivity index (χ2v) is 3.93. The number of nitrogens with two attached hydrogens (primary N) is 1. The first-order valence-electron chi connectivity index (χ1n) is 5.17. The highest BCUT2D eigenvalue weighted by Crippen LogP contribution is 2.20. The molecule has 0 radical (unpaired) electrons. The van der Waals surface area contributed by atoms with Crippen LogP contribution in [0.15, 0.2) is 36.2 Å². The molecule has 2 nitrogen and oxygen atoms in total. The molecule has 2 rings (SSSR count). The Hall–Kier alpha value is -1.15. The SMILES string of the molecule is NC1CC=C(Cc2ccncc2)CC1. The van der Waals surface area contributed by atoms with Crippen LogP contribution in [-0.4, -0.2) is 11.0 Å². The fourth-order valence-corrected chi connectivity index (χ4v) is 1.83. The van der Waals surface area contributed by atoms with Crippen molar-refractivity contribution in [3.05, 3.63) is 41.7 Å². The van der Waals surface area contributed by atoms with Crippen molar-refractivity contribution in [1.29, 1.82) is 0 Å². The van der Waals surface area contributed by atoms with E-state index in [4.69, 9.17) is 5.73 Å². The van der Waals surface area contributed by atoms with Crippen LogP contribution < -0.4 is 5.73 Å². The van der Waals surface area contributed by atoms with Crippen LogP contribution >= 0.6 is 0 Å². The lowest BCUT2D eigenvalue weighted by Gasteiger charge is -2.18. The Morgan fingerprint density at radius 1 is 1.36 bits per heavy atom. The summed E-state index contributed by atoms with van der Waals surface area (Å²) in [6, 6.07) is 4.54. The Morgan fingerprint density at radius 3 is 2.79 bits per heavy atom.